The number of carbonyl (C=O) groups is 1. The van der Waals surface area contributed by atoms with E-state index in [1.165, 1.54) is 6.33 Å². The summed E-state index contributed by atoms with van der Waals surface area (Å²) < 4.78 is 13.0. The van der Waals surface area contributed by atoms with Crippen LogP contribution < -0.4 is 22.5 Å². The molecule has 0 aliphatic carbocycles. The Kier molecular flexibility index (Phi) is 5.14. The van der Waals surface area contributed by atoms with Gasteiger partial charge in [-0.05, 0) is 5.92 Å². The minimum Gasteiger partial charge on any atom is -0.458 e. The summed E-state index contributed by atoms with van der Waals surface area (Å²) in [5, 5.41) is 12.4. The van der Waals surface area contributed by atoms with Crippen LogP contribution in [-0.4, -0.2) is 51.4 Å². The van der Waals surface area contributed by atoms with Crippen molar-refractivity contribution in [2.75, 3.05) is 6.61 Å². The van der Waals surface area contributed by atoms with E-state index in [0.717, 1.165) is 0 Å². The number of ether oxygens (including phenoxy) is 2. The van der Waals surface area contributed by atoms with Gasteiger partial charge < -0.3 is 37.1 Å². The van der Waals surface area contributed by atoms with Gasteiger partial charge in [0.15, 0.2) is 11.8 Å². The van der Waals surface area contributed by atoms with Gasteiger partial charge in [-0.2, -0.15) is 4.99 Å². The number of fused-ring (bicyclic) bond motifs is 1. The Morgan fingerprint density at radius 2 is 2.31 bits per heavy atom. The molecular formula is C15H25N7O4. The number of carbonyl (C=O) groups excluding carboxylic acids is 1. The molecule has 0 radical (unpaired) electrons. The van der Waals surface area contributed by atoms with E-state index < -0.39 is 36.6 Å². The van der Waals surface area contributed by atoms with Crippen LogP contribution in [0.1, 0.15) is 38.4 Å². The molecule has 8 N–H and O–H groups in total. The lowest BCUT2D eigenvalue weighted by atomic mass is 10.1. The van der Waals surface area contributed by atoms with Gasteiger partial charge in [0, 0.05) is 6.42 Å². The summed E-state index contributed by atoms with van der Waals surface area (Å²) in [6.07, 6.45) is -0.537. The summed E-state index contributed by atoms with van der Waals surface area (Å²) in [5.41, 5.74) is 18.0. The Morgan fingerprint density at radius 3 is 2.96 bits per heavy atom. The molecule has 144 valence electrons. The number of aromatic nitrogens is 2. The molecule has 11 nitrogen and oxygen atoms in total. The average molecular weight is 367 g/mol. The molecule has 1 saturated heterocycles. The first kappa shape index (κ1) is 18.6. The molecule has 5 atom stereocenters. The van der Waals surface area contributed by atoms with E-state index in [0.29, 0.717) is 17.9 Å². The number of nitrogens with one attached hydrogen (secondary N) is 1. The summed E-state index contributed by atoms with van der Waals surface area (Å²) in [6.45, 7) is 3.37. The van der Waals surface area contributed by atoms with Gasteiger partial charge in [-0.3, -0.25) is 9.36 Å². The van der Waals surface area contributed by atoms with E-state index in [9.17, 15) is 9.90 Å². The first-order chi connectivity index (χ1) is 12.3. The number of aliphatic hydroxyl groups is 1. The number of aliphatic imine (C=N–C) groups is 1. The maximum absolute atomic E-state index is 12.1. The highest BCUT2D eigenvalue weighted by Gasteiger charge is 2.41. The number of hydrogen-bond donors (Lipinski definition) is 5. The van der Waals surface area contributed by atoms with Crippen LogP contribution in [0.2, 0.25) is 0 Å². The fourth-order valence-electron chi connectivity index (χ4n) is 2.95. The standard InChI is InChI=1S/C15H25N7O4/c1-6(2)10(16)14(24)26-7-3-9(25-8(7)4-23)22-5-19-11-12(17)20-15(18)21-13(11)22/h5-10,12,23H,3-4,16-17H2,1-2H3,(H3,18,20,21)/t7-,8-,9-,10?,12?/m1/s1. The molecule has 1 fully saturated rings. The van der Waals surface area contributed by atoms with Crippen molar-refractivity contribution in [2.45, 2.75) is 50.9 Å². The Bertz CT molecular complexity index is 704. The smallest absolute Gasteiger partial charge is 0.323 e. The van der Waals surface area contributed by atoms with Gasteiger partial charge in [-0.15, -0.1) is 0 Å². The molecule has 0 bridgehead atoms. The highest BCUT2D eigenvalue weighted by Crippen LogP contribution is 2.36. The Labute approximate surface area is 150 Å². The van der Waals surface area contributed by atoms with E-state index in [2.05, 4.69) is 15.3 Å². The molecule has 2 aliphatic rings. The van der Waals surface area contributed by atoms with E-state index in [4.69, 9.17) is 26.7 Å². The number of imidazole rings is 1. The van der Waals surface area contributed by atoms with Crippen molar-refractivity contribution < 1.29 is 19.4 Å². The van der Waals surface area contributed by atoms with Gasteiger partial charge in [-0.1, -0.05) is 13.8 Å². The first-order valence-electron chi connectivity index (χ1n) is 8.47. The number of hydrogen-bond acceptors (Lipinski definition) is 10. The monoisotopic (exact) mass is 367 g/mol. The minimum absolute atomic E-state index is 0.0554. The van der Waals surface area contributed by atoms with Crippen LogP contribution in [0.4, 0.5) is 5.82 Å². The zero-order valence-electron chi connectivity index (χ0n) is 14.7. The van der Waals surface area contributed by atoms with Crippen molar-refractivity contribution in [3.8, 4) is 0 Å². The second kappa shape index (κ2) is 7.19. The summed E-state index contributed by atoms with van der Waals surface area (Å²) >= 11 is 0. The van der Waals surface area contributed by atoms with Gasteiger partial charge in [0.2, 0.25) is 0 Å². The summed E-state index contributed by atoms with van der Waals surface area (Å²) in [7, 11) is 0. The third-order valence-electron chi connectivity index (χ3n) is 4.55. The molecule has 3 rings (SSSR count). The molecule has 11 heteroatoms. The fraction of sp³-hybridized carbons (Fsp3) is 0.667. The van der Waals surface area contributed by atoms with Gasteiger partial charge in [0.1, 0.15) is 36.3 Å². The van der Waals surface area contributed by atoms with Crippen molar-refractivity contribution in [1.82, 2.24) is 14.9 Å². The van der Waals surface area contributed by atoms with Gasteiger partial charge in [0.05, 0.1) is 12.9 Å². The van der Waals surface area contributed by atoms with Crippen LogP contribution in [0.5, 0.6) is 0 Å². The third kappa shape index (κ3) is 3.38. The zero-order valence-corrected chi connectivity index (χ0v) is 14.7. The number of guanidine groups is 1. The van der Waals surface area contributed by atoms with Crippen molar-refractivity contribution in [3.63, 3.8) is 0 Å². The maximum Gasteiger partial charge on any atom is 0.323 e. The summed E-state index contributed by atoms with van der Waals surface area (Å²) in [5.74, 6) is 0.0737. The molecule has 3 heterocycles. The molecule has 0 amide bonds. The Balaban J connectivity index is 1.77. The summed E-state index contributed by atoms with van der Waals surface area (Å²) in [6, 6.07) is -0.733. The van der Waals surface area contributed by atoms with Crippen molar-refractivity contribution in [1.29, 1.82) is 0 Å². The zero-order chi connectivity index (χ0) is 19.0. The van der Waals surface area contributed by atoms with Crippen LogP contribution >= 0.6 is 0 Å². The second-order valence-corrected chi connectivity index (χ2v) is 6.77. The second-order valence-electron chi connectivity index (χ2n) is 6.77. The van der Waals surface area contributed by atoms with Gasteiger partial charge >= 0.3 is 5.97 Å². The molecule has 0 spiro atoms. The summed E-state index contributed by atoms with van der Waals surface area (Å²) in [4.78, 5) is 20.6. The van der Waals surface area contributed by atoms with Gasteiger partial charge in [-0.25, -0.2) is 4.98 Å². The van der Waals surface area contributed by atoms with E-state index >= 15 is 0 Å². The van der Waals surface area contributed by atoms with E-state index in [1.54, 1.807) is 4.57 Å². The number of nitrogens with two attached hydrogens (primary N) is 3. The molecule has 0 aromatic carbocycles. The Morgan fingerprint density at radius 1 is 1.58 bits per heavy atom. The highest BCUT2D eigenvalue weighted by molar-refractivity contribution is 5.83. The van der Waals surface area contributed by atoms with E-state index in [-0.39, 0.29) is 18.5 Å². The van der Waals surface area contributed by atoms with E-state index in [1.807, 2.05) is 13.8 Å². The average Bonchev–Trinajstić information content (AvgIpc) is 3.17. The molecular weight excluding hydrogens is 342 g/mol. The normalized spacial score (nSPS) is 29.1. The highest BCUT2D eigenvalue weighted by atomic mass is 16.6. The van der Waals surface area contributed by atoms with Crippen molar-refractivity contribution >= 4 is 17.7 Å². The van der Waals surface area contributed by atoms with Crippen molar-refractivity contribution in [2.24, 2.45) is 28.1 Å². The van der Waals surface area contributed by atoms with Gasteiger partial charge in [0.25, 0.3) is 0 Å². The predicted octanol–water partition coefficient (Wildman–Crippen LogP) is -1.44. The lowest BCUT2D eigenvalue weighted by Gasteiger charge is -2.20. The maximum atomic E-state index is 12.1. The molecule has 2 unspecified atom stereocenters. The number of rotatable bonds is 5. The minimum atomic E-state index is -0.733. The van der Waals surface area contributed by atoms with Crippen LogP contribution in [0, 0.1) is 5.92 Å². The third-order valence-corrected chi connectivity index (χ3v) is 4.55. The largest absolute Gasteiger partial charge is 0.458 e. The lowest BCUT2D eigenvalue weighted by molar-refractivity contribution is -0.155. The quantitative estimate of drug-likeness (QED) is 0.390. The predicted molar refractivity (Wildman–Crippen MR) is 91.9 cm³/mol. The van der Waals surface area contributed by atoms with Crippen LogP contribution in [-0.2, 0) is 14.3 Å². The topological polar surface area (TPSA) is 176 Å². The number of aliphatic hydroxyl groups excluding tert-OH is 1. The SMILES string of the molecule is CC(C)C(N)C(=O)O[C@@H]1C[C@H](n2cnc3c2N=C(N)NC3N)O[C@@H]1CO. The lowest BCUT2D eigenvalue weighted by Crippen LogP contribution is -2.41. The molecule has 2 aliphatic heterocycles. The molecule has 26 heavy (non-hydrogen) atoms. The Hall–Kier alpha value is -2.21. The van der Waals surface area contributed by atoms with Crippen LogP contribution in [0.25, 0.3) is 0 Å². The number of nitrogens with zero attached hydrogens (tertiary/aromatic N) is 3. The fourth-order valence-corrected chi connectivity index (χ4v) is 2.95. The van der Waals surface area contributed by atoms with Crippen LogP contribution in [0.3, 0.4) is 0 Å². The van der Waals surface area contributed by atoms with Crippen LogP contribution in [0.15, 0.2) is 11.3 Å². The number of esters is 1. The first-order valence-corrected chi connectivity index (χ1v) is 8.47. The molecule has 1 aromatic heterocycles. The van der Waals surface area contributed by atoms with Crippen molar-refractivity contribution in [3.05, 3.63) is 12.0 Å². The molecule has 0 saturated carbocycles. The molecule has 1 aromatic rings.